The van der Waals surface area contributed by atoms with Crippen LogP contribution in [-0.2, 0) is 28.9 Å². The largest absolute Gasteiger partial charge is 0.497 e. The summed E-state index contributed by atoms with van der Waals surface area (Å²) in [5, 5.41) is 1.44. The highest BCUT2D eigenvalue weighted by molar-refractivity contribution is 7.94. The lowest BCUT2D eigenvalue weighted by Gasteiger charge is -2.22. The monoisotopic (exact) mass is 634 g/mol. The van der Waals surface area contributed by atoms with Gasteiger partial charge < -0.3 is 14.2 Å². The first-order chi connectivity index (χ1) is 21.1. The fraction of sp³-hybridized carbons (Fsp3) is 0.200. The molecule has 3 aromatic rings. The Morgan fingerprint density at radius 1 is 0.727 bits per heavy atom. The summed E-state index contributed by atoms with van der Waals surface area (Å²) in [5.74, 6) is -1.32. The van der Waals surface area contributed by atoms with Crippen molar-refractivity contribution >= 4 is 44.5 Å². The van der Waals surface area contributed by atoms with E-state index in [1.165, 1.54) is 38.5 Å². The Morgan fingerprint density at radius 3 is 1.70 bits per heavy atom. The van der Waals surface area contributed by atoms with Gasteiger partial charge in [-0.1, -0.05) is 86.1 Å². The third-order valence-corrected chi connectivity index (χ3v) is 8.70. The normalized spacial score (nSPS) is 13.4. The summed E-state index contributed by atoms with van der Waals surface area (Å²) in [4.78, 5) is 27.2. The summed E-state index contributed by atoms with van der Waals surface area (Å²) in [5.41, 5.74) is 2.49. The molecule has 0 heterocycles. The Labute approximate surface area is 264 Å². The standard InChI is InChI=1S/C35H35ClO7S/c1-6-28(30(36)7-2)31(24-14-10-8-11-15-24)32(25-16-12-9-13-17-25)33(35(38)43-5)29(34(37)42-4)22-23-44(39,40)27-20-18-26(41-3)19-21-27/h8-23H,6-7H2,1-5H3/b23-22+,30-28-,32-31-,33-29-. The quantitative estimate of drug-likeness (QED) is 0.0878. The minimum absolute atomic E-state index is 0.0342. The van der Waals surface area contributed by atoms with Crippen molar-refractivity contribution in [3.63, 3.8) is 0 Å². The van der Waals surface area contributed by atoms with Crippen LogP contribution in [0.4, 0.5) is 0 Å². The Balaban J connectivity index is 2.56. The molecule has 3 aromatic carbocycles. The molecule has 0 aliphatic carbocycles. The van der Waals surface area contributed by atoms with Crippen molar-refractivity contribution in [1.29, 1.82) is 0 Å². The average molecular weight is 635 g/mol. The molecule has 0 aromatic heterocycles. The fourth-order valence-electron chi connectivity index (χ4n) is 4.62. The van der Waals surface area contributed by atoms with Crippen LogP contribution in [0.15, 0.2) is 123 Å². The van der Waals surface area contributed by atoms with E-state index in [9.17, 15) is 18.0 Å². The number of allylic oxidation sites excluding steroid dienone is 3. The number of benzene rings is 3. The maximum Gasteiger partial charge on any atom is 0.339 e. The molecular formula is C35H35ClO7S. The predicted octanol–water partition coefficient (Wildman–Crippen LogP) is 7.55. The van der Waals surface area contributed by atoms with Gasteiger partial charge in [-0.05, 0) is 65.5 Å². The van der Waals surface area contributed by atoms with Gasteiger partial charge in [-0.2, -0.15) is 0 Å². The lowest BCUT2D eigenvalue weighted by atomic mass is 9.82. The van der Waals surface area contributed by atoms with Gasteiger partial charge in [-0.3, -0.25) is 0 Å². The van der Waals surface area contributed by atoms with Gasteiger partial charge in [0.2, 0.25) is 0 Å². The van der Waals surface area contributed by atoms with Crippen LogP contribution in [0.3, 0.4) is 0 Å². The van der Waals surface area contributed by atoms with Crippen LogP contribution in [0.2, 0.25) is 0 Å². The zero-order valence-electron chi connectivity index (χ0n) is 25.3. The average Bonchev–Trinajstić information content (AvgIpc) is 3.07. The molecule has 0 fully saturated rings. The number of hydrogen-bond donors (Lipinski definition) is 0. The van der Waals surface area contributed by atoms with Crippen LogP contribution < -0.4 is 4.74 Å². The number of rotatable bonds is 12. The summed E-state index contributed by atoms with van der Waals surface area (Å²) in [6.07, 6.45) is 2.08. The Morgan fingerprint density at radius 2 is 1.25 bits per heavy atom. The van der Waals surface area contributed by atoms with E-state index < -0.39 is 21.8 Å². The SMILES string of the molecule is CC/C(Cl)=C(CC)/C(=C(\C(C(=O)OC)=C(/C=C/S(=O)(=O)c1ccc(OC)cc1)C(=O)OC)c1ccccc1)c1ccccc1. The van der Waals surface area contributed by atoms with Gasteiger partial charge >= 0.3 is 11.9 Å². The molecule has 7 nitrogen and oxygen atoms in total. The number of esters is 2. The highest BCUT2D eigenvalue weighted by atomic mass is 35.5. The molecule has 0 N–H and O–H groups in total. The fourth-order valence-corrected chi connectivity index (χ4v) is 5.84. The second-order valence-corrected chi connectivity index (χ2v) is 11.7. The first kappa shape index (κ1) is 34.1. The van der Waals surface area contributed by atoms with Crippen LogP contribution in [0, 0.1) is 0 Å². The number of methoxy groups -OCH3 is 3. The van der Waals surface area contributed by atoms with Gasteiger partial charge in [-0.25, -0.2) is 18.0 Å². The molecule has 0 atom stereocenters. The highest BCUT2D eigenvalue weighted by Gasteiger charge is 2.30. The van der Waals surface area contributed by atoms with E-state index in [0.29, 0.717) is 40.3 Å². The van der Waals surface area contributed by atoms with Crippen LogP contribution in [-0.4, -0.2) is 41.7 Å². The Hall–Kier alpha value is -4.40. The number of sulfone groups is 1. The number of carbonyl (C=O) groups excluding carboxylic acids is 2. The predicted molar refractivity (Wildman–Crippen MR) is 174 cm³/mol. The van der Waals surface area contributed by atoms with E-state index in [0.717, 1.165) is 29.7 Å². The van der Waals surface area contributed by atoms with Crippen molar-refractivity contribution in [3.05, 3.63) is 129 Å². The molecule has 0 bridgehead atoms. The zero-order chi connectivity index (χ0) is 32.3. The molecule has 0 saturated carbocycles. The van der Waals surface area contributed by atoms with Gasteiger partial charge in [0.25, 0.3) is 0 Å². The van der Waals surface area contributed by atoms with Crippen molar-refractivity contribution < 1.29 is 32.2 Å². The number of ether oxygens (including phenoxy) is 3. The molecule has 0 aliphatic heterocycles. The van der Waals surface area contributed by atoms with Crippen molar-refractivity contribution in [2.75, 3.05) is 21.3 Å². The molecule has 9 heteroatoms. The van der Waals surface area contributed by atoms with E-state index >= 15 is 0 Å². The smallest absolute Gasteiger partial charge is 0.339 e. The molecule has 230 valence electrons. The molecule has 0 saturated heterocycles. The maximum absolute atomic E-state index is 13.8. The summed E-state index contributed by atoms with van der Waals surface area (Å²) < 4.78 is 42.1. The van der Waals surface area contributed by atoms with E-state index in [2.05, 4.69) is 0 Å². The molecule has 0 spiro atoms. The van der Waals surface area contributed by atoms with Gasteiger partial charge in [0.05, 0.1) is 37.4 Å². The van der Waals surface area contributed by atoms with Crippen molar-refractivity contribution in [3.8, 4) is 5.75 Å². The second-order valence-electron chi connectivity index (χ2n) is 9.37. The van der Waals surface area contributed by atoms with Crippen molar-refractivity contribution in [1.82, 2.24) is 0 Å². The van der Waals surface area contributed by atoms with Crippen LogP contribution >= 0.6 is 11.6 Å². The molecule has 44 heavy (non-hydrogen) atoms. The molecule has 0 aliphatic rings. The van der Waals surface area contributed by atoms with E-state index in [1.807, 2.05) is 50.2 Å². The van der Waals surface area contributed by atoms with Gasteiger partial charge in [0, 0.05) is 16.0 Å². The van der Waals surface area contributed by atoms with Crippen LogP contribution in [0.25, 0.3) is 11.1 Å². The minimum Gasteiger partial charge on any atom is -0.497 e. The lowest BCUT2D eigenvalue weighted by Crippen LogP contribution is -2.17. The third-order valence-electron chi connectivity index (χ3n) is 6.78. The van der Waals surface area contributed by atoms with Crippen molar-refractivity contribution in [2.45, 2.75) is 31.6 Å². The molecule has 3 rings (SSSR count). The molecule has 0 radical (unpaired) electrons. The molecule has 0 unspecified atom stereocenters. The molecular weight excluding hydrogens is 600 g/mol. The first-order valence-corrected chi connectivity index (χ1v) is 15.8. The van der Waals surface area contributed by atoms with E-state index in [1.54, 1.807) is 24.3 Å². The number of hydrogen-bond acceptors (Lipinski definition) is 7. The topological polar surface area (TPSA) is 96.0 Å². The molecule has 0 amide bonds. The summed E-state index contributed by atoms with van der Waals surface area (Å²) in [7, 11) is -0.253. The second kappa shape index (κ2) is 15.9. The Kier molecular flexibility index (Phi) is 12.3. The maximum atomic E-state index is 13.8. The highest BCUT2D eigenvalue weighted by Crippen LogP contribution is 2.42. The van der Waals surface area contributed by atoms with Crippen molar-refractivity contribution in [2.24, 2.45) is 0 Å². The van der Waals surface area contributed by atoms with E-state index in [4.69, 9.17) is 25.8 Å². The third kappa shape index (κ3) is 7.95. The summed E-state index contributed by atoms with van der Waals surface area (Å²) in [6.45, 7) is 3.87. The van der Waals surface area contributed by atoms with Crippen LogP contribution in [0.1, 0.15) is 37.8 Å². The zero-order valence-corrected chi connectivity index (χ0v) is 26.9. The lowest BCUT2D eigenvalue weighted by molar-refractivity contribution is -0.138. The summed E-state index contributed by atoms with van der Waals surface area (Å²) in [6, 6.07) is 24.1. The summed E-state index contributed by atoms with van der Waals surface area (Å²) >= 11 is 6.82. The number of halogens is 1. The van der Waals surface area contributed by atoms with Gasteiger partial charge in [-0.15, -0.1) is 0 Å². The first-order valence-electron chi connectivity index (χ1n) is 13.8. The van der Waals surface area contributed by atoms with E-state index in [-0.39, 0.29) is 16.0 Å². The van der Waals surface area contributed by atoms with Gasteiger partial charge in [0.1, 0.15) is 5.75 Å². The van der Waals surface area contributed by atoms with Crippen LogP contribution in [0.5, 0.6) is 5.75 Å². The minimum atomic E-state index is -4.07. The van der Waals surface area contributed by atoms with Gasteiger partial charge in [0.15, 0.2) is 9.84 Å². The Bertz CT molecular complexity index is 1700. The number of carbonyl (C=O) groups is 2.